The summed E-state index contributed by atoms with van der Waals surface area (Å²) >= 11 is 6.45. The molecule has 140 valence electrons. The number of urea groups is 1. The molecule has 3 rings (SSSR count). The second-order valence-electron chi connectivity index (χ2n) is 7.12. The Bertz CT molecular complexity index is 919. The molecule has 0 aromatic heterocycles. The van der Waals surface area contributed by atoms with Gasteiger partial charge in [0.2, 0.25) is 0 Å². The molecule has 2 amide bonds. The van der Waals surface area contributed by atoms with Crippen LogP contribution in [0.15, 0.2) is 53.6 Å². The molecule has 6 heteroatoms. The molecule has 0 aliphatic carbocycles. The molecule has 5 nitrogen and oxygen atoms in total. The van der Waals surface area contributed by atoms with E-state index >= 15 is 0 Å². The summed E-state index contributed by atoms with van der Waals surface area (Å²) < 4.78 is 0. The van der Waals surface area contributed by atoms with Gasteiger partial charge in [-0.05, 0) is 50.6 Å². The minimum Gasteiger partial charge on any atom is -0.365 e. The fourth-order valence-corrected chi connectivity index (χ4v) is 3.33. The maximum atomic E-state index is 11.9. The first kappa shape index (κ1) is 19.0. The number of benzene rings is 2. The second kappa shape index (κ2) is 7.45. The molecule has 0 saturated carbocycles. The quantitative estimate of drug-likeness (QED) is 0.571. The number of halogens is 1. The third-order valence-corrected chi connectivity index (χ3v) is 5.06. The summed E-state index contributed by atoms with van der Waals surface area (Å²) in [5.74, 6) is 0. The van der Waals surface area contributed by atoms with Crippen molar-refractivity contribution in [3.05, 3.63) is 64.7 Å². The third kappa shape index (κ3) is 4.14. The average molecular weight is 383 g/mol. The van der Waals surface area contributed by atoms with Crippen molar-refractivity contribution >= 4 is 40.8 Å². The highest BCUT2D eigenvalue weighted by atomic mass is 35.5. The summed E-state index contributed by atoms with van der Waals surface area (Å²) in [6.45, 7) is 6.42. The number of nitrogens with zero attached hydrogens (tertiary/aromatic N) is 2. The number of hydrogen-bond donors (Lipinski definition) is 2. The molecule has 0 bridgehead atoms. The van der Waals surface area contributed by atoms with Crippen molar-refractivity contribution in [2.45, 2.75) is 26.3 Å². The van der Waals surface area contributed by atoms with Crippen LogP contribution in [-0.2, 0) is 0 Å². The molecule has 0 spiro atoms. The van der Waals surface area contributed by atoms with E-state index in [2.05, 4.69) is 54.6 Å². The lowest BCUT2D eigenvalue weighted by Crippen LogP contribution is -2.42. The van der Waals surface area contributed by atoms with Crippen molar-refractivity contribution in [2.24, 2.45) is 5.10 Å². The molecule has 0 fully saturated rings. The summed E-state index contributed by atoms with van der Waals surface area (Å²) in [4.78, 5) is 14.1. The van der Waals surface area contributed by atoms with Crippen molar-refractivity contribution in [3.63, 3.8) is 0 Å². The third-order valence-electron chi connectivity index (χ3n) is 4.74. The van der Waals surface area contributed by atoms with E-state index in [0.29, 0.717) is 10.7 Å². The Kier molecular flexibility index (Phi) is 5.24. The normalized spacial score (nSPS) is 15.3. The van der Waals surface area contributed by atoms with Gasteiger partial charge in [0.25, 0.3) is 0 Å². The summed E-state index contributed by atoms with van der Waals surface area (Å²) in [5, 5.41) is 7.30. The number of allylic oxidation sites excluding steroid dienone is 1. The zero-order valence-electron chi connectivity index (χ0n) is 15.9. The van der Waals surface area contributed by atoms with Crippen LogP contribution in [0.5, 0.6) is 0 Å². The van der Waals surface area contributed by atoms with Gasteiger partial charge in [-0.1, -0.05) is 35.9 Å². The Labute approximate surface area is 164 Å². The van der Waals surface area contributed by atoms with Gasteiger partial charge < -0.3 is 10.2 Å². The first-order chi connectivity index (χ1) is 12.8. The number of likely N-dealkylation sites (N-methyl/N-ethyl adjacent to an activating group) is 1. The van der Waals surface area contributed by atoms with E-state index in [1.54, 1.807) is 18.3 Å². The largest absolute Gasteiger partial charge is 0.365 e. The van der Waals surface area contributed by atoms with Gasteiger partial charge in [0, 0.05) is 29.5 Å². The maximum Gasteiger partial charge on any atom is 0.339 e. The number of carbonyl (C=O) groups is 1. The van der Waals surface area contributed by atoms with Gasteiger partial charge in [-0.3, -0.25) is 0 Å². The highest BCUT2D eigenvalue weighted by Gasteiger charge is 2.29. The Morgan fingerprint density at radius 2 is 1.93 bits per heavy atom. The van der Waals surface area contributed by atoms with Crippen molar-refractivity contribution in [1.82, 2.24) is 5.43 Å². The SMILES string of the molecule is CC1=CC(C)(C)N(C)c2cc(Cl)c(/C=N\NC(=O)Nc3ccccc3)cc21. The smallest absolute Gasteiger partial charge is 0.339 e. The summed E-state index contributed by atoms with van der Waals surface area (Å²) in [6.07, 6.45) is 3.79. The molecule has 0 atom stereocenters. The van der Waals surface area contributed by atoms with Gasteiger partial charge in [-0.15, -0.1) is 0 Å². The molecule has 1 aliphatic rings. The van der Waals surface area contributed by atoms with E-state index in [-0.39, 0.29) is 5.54 Å². The van der Waals surface area contributed by atoms with E-state index in [4.69, 9.17) is 11.6 Å². The van der Waals surface area contributed by atoms with E-state index in [1.807, 2.05) is 30.3 Å². The van der Waals surface area contributed by atoms with Gasteiger partial charge in [0.05, 0.1) is 16.8 Å². The highest BCUT2D eigenvalue weighted by molar-refractivity contribution is 6.33. The molecule has 0 saturated heterocycles. The molecule has 2 aromatic rings. The molecule has 1 aliphatic heterocycles. The molecule has 27 heavy (non-hydrogen) atoms. The number of fused-ring (bicyclic) bond motifs is 1. The Morgan fingerprint density at radius 1 is 1.22 bits per heavy atom. The second-order valence-corrected chi connectivity index (χ2v) is 7.53. The zero-order valence-corrected chi connectivity index (χ0v) is 16.6. The molecular formula is C21H23ClN4O. The number of hydrogen-bond acceptors (Lipinski definition) is 3. The van der Waals surface area contributed by atoms with Crippen LogP contribution < -0.4 is 15.6 Å². The predicted molar refractivity (Wildman–Crippen MR) is 114 cm³/mol. The van der Waals surface area contributed by atoms with Crippen molar-refractivity contribution in [1.29, 1.82) is 0 Å². The number of para-hydroxylation sites is 1. The van der Waals surface area contributed by atoms with E-state index < -0.39 is 6.03 Å². The van der Waals surface area contributed by atoms with Crippen LogP contribution in [0.2, 0.25) is 5.02 Å². The molecule has 1 heterocycles. The standard InChI is InChI=1S/C21H23ClN4O/c1-14-12-21(2,3)26(4)19-11-18(22)15(10-17(14)19)13-23-25-20(27)24-16-8-6-5-7-9-16/h5-13H,1-4H3,(H2,24,25,27)/b23-13-. The minimum atomic E-state index is -0.413. The lowest BCUT2D eigenvalue weighted by Gasteiger charge is -2.40. The molecular weight excluding hydrogens is 360 g/mol. The number of carbonyl (C=O) groups excluding carboxylic acids is 1. The fraction of sp³-hybridized carbons (Fsp3) is 0.238. The van der Waals surface area contributed by atoms with E-state index in [9.17, 15) is 4.79 Å². The fourth-order valence-electron chi connectivity index (χ4n) is 3.13. The Hall–Kier alpha value is -2.79. The van der Waals surface area contributed by atoms with Gasteiger partial charge >= 0.3 is 6.03 Å². The lowest BCUT2D eigenvalue weighted by atomic mass is 9.88. The average Bonchev–Trinajstić information content (AvgIpc) is 2.61. The zero-order chi connectivity index (χ0) is 19.6. The Balaban J connectivity index is 1.76. The molecule has 0 unspecified atom stereocenters. The van der Waals surface area contributed by atoms with Crippen LogP contribution >= 0.6 is 11.6 Å². The highest BCUT2D eigenvalue weighted by Crippen LogP contribution is 2.40. The van der Waals surface area contributed by atoms with Gasteiger partial charge in [0.1, 0.15) is 0 Å². The van der Waals surface area contributed by atoms with Crippen molar-refractivity contribution < 1.29 is 4.79 Å². The van der Waals surface area contributed by atoms with Crippen molar-refractivity contribution in [2.75, 3.05) is 17.3 Å². The van der Waals surface area contributed by atoms with E-state index in [1.165, 1.54) is 5.57 Å². The molecule has 0 radical (unpaired) electrons. The molecule has 2 N–H and O–H groups in total. The molecule has 2 aromatic carbocycles. The Morgan fingerprint density at radius 3 is 2.63 bits per heavy atom. The summed E-state index contributed by atoms with van der Waals surface area (Å²) in [6, 6.07) is 12.7. The lowest BCUT2D eigenvalue weighted by molar-refractivity contribution is 0.252. The topological polar surface area (TPSA) is 56.7 Å². The maximum absolute atomic E-state index is 11.9. The summed E-state index contributed by atoms with van der Waals surface area (Å²) in [7, 11) is 2.06. The van der Waals surface area contributed by atoms with Gasteiger partial charge in [0.15, 0.2) is 0 Å². The number of hydrazone groups is 1. The van der Waals surface area contributed by atoms with Crippen LogP contribution in [0.25, 0.3) is 5.57 Å². The minimum absolute atomic E-state index is 0.0763. The first-order valence-corrected chi connectivity index (χ1v) is 9.08. The van der Waals surface area contributed by atoms with Crippen LogP contribution in [0.4, 0.5) is 16.2 Å². The van der Waals surface area contributed by atoms with E-state index in [0.717, 1.165) is 16.8 Å². The van der Waals surface area contributed by atoms with Crippen LogP contribution in [0, 0.1) is 0 Å². The monoisotopic (exact) mass is 382 g/mol. The van der Waals surface area contributed by atoms with Crippen LogP contribution in [0.1, 0.15) is 31.9 Å². The number of rotatable bonds is 3. The van der Waals surface area contributed by atoms with Gasteiger partial charge in [-0.25, -0.2) is 10.2 Å². The van der Waals surface area contributed by atoms with Crippen molar-refractivity contribution in [3.8, 4) is 0 Å². The first-order valence-electron chi connectivity index (χ1n) is 8.70. The summed E-state index contributed by atoms with van der Waals surface area (Å²) in [5.41, 5.74) is 7.20. The number of amides is 2. The van der Waals surface area contributed by atoms with Crippen LogP contribution in [-0.4, -0.2) is 24.8 Å². The van der Waals surface area contributed by atoms with Crippen LogP contribution in [0.3, 0.4) is 0 Å². The van der Waals surface area contributed by atoms with Gasteiger partial charge in [-0.2, -0.15) is 5.10 Å². The number of anilines is 2. The number of nitrogens with one attached hydrogen (secondary N) is 2. The predicted octanol–water partition coefficient (Wildman–Crippen LogP) is 5.13.